The van der Waals surface area contributed by atoms with Crippen LogP contribution in [0.2, 0.25) is 0 Å². The van der Waals surface area contributed by atoms with E-state index < -0.39 is 4.92 Å². The summed E-state index contributed by atoms with van der Waals surface area (Å²) in [5.41, 5.74) is 3.31. The van der Waals surface area contributed by atoms with Crippen LogP contribution in [-0.2, 0) is 13.2 Å². The summed E-state index contributed by atoms with van der Waals surface area (Å²) in [6.45, 7) is 5.41. The van der Waals surface area contributed by atoms with E-state index in [1.54, 1.807) is 26.0 Å². The lowest BCUT2D eigenvalue weighted by Crippen LogP contribution is -2.08. The summed E-state index contributed by atoms with van der Waals surface area (Å²) in [6.07, 6.45) is 0. The predicted octanol–water partition coefficient (Wildman–Crippen LogP) is 7.36. The molecule has 0 aliphatic heterocycles. The van der Waals surface area contributed by atoms with Crippen molar-refractivity contribution in [1.29, 1.82) is 0 Å². The Morgan fingerprint density at radius 3 is 1.78 bits per heavy atom. The van der Waals surface area contributed by atoms with Gasteiger partial charge >= 0.3 is 0 Å². The number of ketones is 1. The Morgan fingerprint density at radius 1 is 0.757 bits per heavy atom. The number of aryl methyl sites for hydroxylation is 2. The van der Waals surface area contributed by atoms with Gasteiger partial charge in [0.25, 0.3) is 5.69 Å². The minimum atomic E-state index is -0.440. The Morgan fingerprint density at radius 2 is 1.27 bits per heavy atom. The standard InChI is InChI=1S/C30H27NO6/c1-20-16-25(31(33)34)17-21(2)29(20)37-27-15-14-26(35-18-23-10-6-4-7-11-23)28(22(3)32)30(27)36-19-24-12-8-5-9-13-24/h4-17H,18-19H2,1-3H3. The summed E-state index contributed by atoms with van der Waals surface area (Å²) in [4.78, 5) is 23.7. The van der Waals surface area contributed by atoms with Gasteiger partial charge in [-0.05, 0) is 55.2 Å². The number of hydrogen-bond acceptors (Lipinski definition) is 6. The van der Waals surface area contributed by atoms with Crippen molar-refractivity contribution < 1.29 is 23.9 Å². The largest absolute Gasteiger partial charge is 0.488 e. The van der Waals surface area contributed by atoms with Gasteiger partial charge in [-0.2, -0.15) is 0 Å². The van der Waals surface area contributed by atoms with E-state index in [4.69, 9.17) is 14.2 Å². The van der Waals surface area contributed by atoms with Gasteiger partial charge in [-0.3, -0.25) is 14.9 Å². The summed E-state index contributed by atoms with van der Waals surface area (Å²) < 4.78 is 18.5. The first-order chi connectivity index (χ1) is 17.8. The lowest BCUT2D eigenvalue weighted by Gasteiger charge is -2.20. The molecule has 4 aromatic carbocycles. The minimum Gasteiger partial charge on any atom is -0.488 e. The number of nitro groups is 1. The van der Waals surface area contributed by atoms with Crippen molar-refractivity contribution in [2.24, 2.45) is 0 Å². The fraction of sp³-hybridized carbons (Fsp3) is 0.167. The summed E-state index contributed by atoms with van der Waals surface area (Å²) in [6, 6.07) is 25.5. The number of carbonyl (C=O) groups excluding carboxylic acids is 1. The van der Waals surface area contributed by atoms with E-state index >= 15 is 0 Å². The van der Waals surface area contributed by atoms with Crippen molar-refractivity contribution in [2.45, 2.75) is 34.0 Å². The van der Waals surface area contributed by atoms with Crippen LogP contribution in [0.25, 0.3) is 0 Å². The van der Waals surface area contributed by atoms with E-state index in [0.29, 0.717) is 28.4 Å². The molecule has 0 radical (unpaired) electrons. The first kappa shape index (κ1) is 25.4. The molecule has 0 saturated heterocycles. The topological polar surface area (TPSA) is 87.9 Å². The Hall–Kier alpha value is -4.65. The molecule has 0 heterocycles. The van der Waals surface area contributed by atoms with Gasteiger partial charge in [0.05, 0.1) is 4.92 Å². The monoisotopic (exact) mass is 497 g/mol. The molecule has 4 rings (SSSR count). The van der Waals surface area contributed by atoms with E-state index in [1.807, 2.05) is 60.7 Å². The van der Waals surface area contributed by atoms with E-state index in [2.05, 4.69) is 0 Å². The molecule has 7 heteroatoms. The summed E-state index contributed by atoms with van der Waals surface area (Å²) in [7, 11) is 0. The highest BCUT2D eigenvalue weighted by Crippen LogP contribution is 2.43. The lowest BCUT2D eigenvalue weighted by molar-refractivity contribution is -0.385. The van der Waals surface area contributed by atoms with Crippen LogP contribution in [0.3, 0.4) is 0 Å². The van der Waals surface area contributed by atoms with Crippen LogP contribution in [0, 0.1) is 24.0 Å². The fourth-order valence-electron chi connectivity index (χ4n) is 3.99. The Labute approximate surface area is 215 Å². The SMILES string of the molecule is CC(=O)c1c(OCc2ccccc2)ccc(Oc2c(C)cc([N+](=O)[O-])cc2C)c1OCc1ccccc1. The molecule has 0 amide bonds. The minimum absolute atomic E-state index is 0.0167. The molecule has 188 valence electrons. The van der Waals surface area contributed by atoms with Crippen LogP contribution in [0.4, 0.5) is 5.69 Å². The summed E-state index contributed by atoms with van der Waals surface area (Å²) in [5, 5.41) is 11.3. The van der Waals surface area contributed by atoms with E-state index in [-0.39, 0.29) is 36.0 Å². The first-order valence-corrected chi connectivity index (χ1v) is 11.8. The Bertz CT molecular complexity index is 1390. The molecule has 0 N–H and O–H groups in total. The second-order valence-electron chi connectivity index (χ2n) is 8.64. The highest BCUT2D eigenvalue weighted by Gasteiger charge is 2.23. The molecule has 0 unspecified atom stereocenters. The molecule has 0 aliphatic rings. The number of non-ortho nitro benzene ring substituents is 1. The predicted molar refractivity (Wildman–Crippen MR) is 141 cm³/mol. The molecule has 0 fully saturated rings. The third-order valence-corrected chi connectivity index (χ3v) is 5.77. The van der Waals surface area contributed by atoms with Gasteiger partial charge in [-0.25, -0.2) is 0 Å². The number of benzene rings is 4. The van der Waals surface area contributed by atoms with Gasteiger partial charge in [0.15, 0.2) is 17.3 Å². The first-order valence-electron chi connectivity index (χ1n) is 11.8. The van der Waals surface area contributed by atoms with Gasteiger partial charge in [-0.1, -0.05) is 60.7 Å². The highest BCUT2D eigenvalue weighted by atomic mass is 16.6. The molecule has 7 nitrogen and oxygen atoms in total. The van der Waals surface area contributed by atoms with Crippen LogP contribution in [0.15, 0.2) is 84.9 Å². The van der Waals surface area contributed by atoms with Crippen LogP contribution >= 0.6 is 0 Å². The molecular formula is C30H27NO6. The second kappa shape index (κ2) is 11.4. The molecule has 0 spiro atoms. The van der Waals surface area contributed by atoms with Crippen LogP contribution < -0.4 is 14.2 Å². The maximum atomic E-state index is 12.9. The zero-order chi connectivity index (χ0) is 26.4. The van der Waals surface area contributed by atoms with Crippen molar-refractivity contribution >= 4 is 11.5 Å². The number of Topliss-reactive ketones (excluding diaryl/α,β-unsaturated/α-hetero) is 1. The van der Waals surface area contributed by atoms with Crippen molar-refractivity contribution in [2.75, 3.05) is 0 Å². The maximum absolute atomic E-state index is 12.9. The fourth-order valence-corrected chi connectivity index (χ4v) is 3.99. The van der Waals surface area contributed by atoms with Gasteiger partial charge in [-0.15, -0.1) is 0 Å². The number of ether oxygens (including phenoxy) is 3. The van der Waals surface area contributed by atoms with Crippen LogP contribution in [-0.4, -0.2) is 10.7 Å². The molecular weight excluding hydrogens is 470 g/mol. The van der Waals surface area contributed by atoms with E-state index in [9.17, 15) is 14.9 Å². The molecule has 4 aromatic rings. The molecule has 0 bridgehead atoms. The molecule has 0 atom stereocenters. The lowest BCUT2D eigenvalue weighted by atomic mass is 10.1. The third kappa shape index (κ3) is 6.13. The van der Waals surface area contributed by atoms with Crippen molar-refractivity contribution in [3.8, 4) is 23.0 Å². The Kier molecular flexibility index (Phi) is 7.83. The third-order valence-electron chi connectivity index (χ3n) is 5.77. The second-order valence-corrected chi connectivity index (χ2v) is 8.64. The number of hydrogen-bond donors (Lipinski definition) is 0. The quantitative estimate of drug-likeness (QED) is 0.129. The zero-order valence-corrected chi connectivity index (χ0v) is 20.9. The van der Waals surface area contributed by atoms with Crippen LogP contribution in [0.5, 0.6) is 23.0 Å². The highest BCUT2D eigenvalue weighted by molar-refractivity contribution is 6.00. The normalized spacial score (nSPS) is 10.6. The number of rotatable bonds is 10. The number of nitrogens with zero attached hydrogens (tertiary/aromatic N) is 1. The molecule has 0 aromatic heterocycles. The van der Waals surface area contributed by atoms with Crippen molar-refractivity contribution in [3.63, 3.8) is 0 Å². The maximum Gasteiger partial charge on any atom is 0.270 e. The number of nitro benzene ring substituents is 1. The molecule has 0 saturated carbocycles. The van der Waals surface area contributed by atoms with Gasteiger partial charge in [0, 0.05) is 12.1 Å². The number of carbonyl (C=O) groups is 1. The summed E-state index contributed by atoms with van der Waals surface area (Å²) >= 11 is 0. The van der Waals surface area contributed by atoms with Gasteiger partial charge in [0.2, 0.25) is 0 Å². The molecule has 0 aliphatic carbocycles. The average molecular weight is 498 g/mol. The van der Waals surface area contributed by atoms with E-state index in [0.717, 1.165) is 11.1 Å². The smallest absolute Gasteiger partial charge is 0.270 e. The Balaban J connectivity index is 1.74. The molecule has 37 heavy (non-hydrogen) atoms. The average Bonchev–Trinajstić information content (AvgIpc) is 2.89. The summed E-state index contributed by atoms with van der Waals surface area (Å²) in [5.74, 6) is 1.16. The van der Waals surface area contributed by atoms with E-state index in [1.165, 1.54) is 19.1 Å². The van der Waals surface area contributed by atoms with Gasteiger partial charge in [0.1, 0.15) is 30.3 Å². The van der Waals surface area contributed by atoms with Gasteiger partial charge < -0.3 is 14.2 Å². The van der Waals surface area contributed by atoms with Crippen molar-refractivity contribution in [1.82, 2.24) is 0 Å². The van der Waals surface area contributed by atoms with Crippen molar-refractivity contribution in [3.05, 3.63) is 123 Å². The zero-order valence-electron chi connectivity index (χ0n) is 20.9. The van der Waals surface area contributed by atoms with Crippen LogP contribution in [0.1, 0.15) is 39.5 Å².